The number of fused-ring (bicyclic) bond motifs is 2. The fourth-order valence-electron chi connectivity index (χ4n) is 3.63. The van der Waals surface area contributed by atoms with Crippen LogP contribution in [0.25, 0.3) is 21.8 Å². The number of H-pyrrole nitrogens is 2. The Balaban J connectivity index is 0.000000234. The molecule has 2 aromatic carbocycles. The molecule has 220 valence electrons. The zero-order valence-corrected chi connectivity index (χ0v) is 30.7. The normalized spacial score (nSPS) is 14.8. The van der Waals surface area contributed by atoms with E-state index in [0.717, 1.165) is 32.9 Å². The first kappa shape index (κ1) is 35.3. The Morgan fingerprint density at radius 2 is 1.03 bits per heavy atom. The van der Waals surface area contributed by atoms with E-state index < -0.39 is 22.7 Å². The molecule has 2 aromatic heterocycles. The van der Waals surface area contributed by atoms with Crippen molar-refractivity contribution >= 4 is 90.7 Å². The van der Waals surface area contributed by atoms with E-state index in [1.165, 1.54) is 0 Å². The second kappa shape index (κ2) is 16.7. The van der Waals surface area contributed by atoms with Gasteiger partial charge in [-0.2, -0.15) is 0 Å². The third-order valence-electron chi connectivity index (χ3n) is 4.97. The Hall–Kier alpha value is 0.142. The van der Waals surface area contributed by atoms with Gasteiger partial charge in [0, 0.05) is 34.0 Å². The van der Waals surface area contributed by atoms with E-state index in [0.29, 0.717) is 0 Å². The van der Waals surface area contributed by atoms with Crippen molar-refractivity contribution in [1.29, 1.82) is 0 Å². The number of aromatic amines is 2. The van der Waals surface area contributed by atoms with Gasteiger partial charge < -0.3 is 18.8 Å². The Labute approximate surface area is 257 Å². The van der Waals surface area contributed by atoms with Crippen molar-refractivity contribution in [1.82, 2.24) is 0 Å². The van der Waals surface area contributed by atoms with Gasteiger partial charge in [0.1, 0.15) is 0 Å². The number of rotatable bonds is 8. The Bertz CT molecular complexity index is 1340. The van der Waals surface area contributed by atoms with E-state index in [1.807, 2.05) is 60.7 Å². The number of hydrogen-bond donors (Lipinski definition) is 2. The van der Waals surface area contributed by atoms with Crippen LogP contribution >= 0.6 is 68.9 Å². The van der Waals surface area contributed by atoms with Gasteiger partial charge in [0.15, 0.2) is 12.4 Å². The van der Waals surface area contributed by atoms with Gasteiger partial charge in [0.25, 0.3) is 0 Å². The zero-order valence-electron chi connectivity index (χ0n) is 21.0. The SMILES string of the molecule is CCOP(=O)(O)Cc1cccc2ccc[nH+]c12.CCOP(=O)(O)Cc1cccc2ccc[nH+]c12.[Br][Pd-2]([Br])([Br])[Br]. The Morgan fingerprint density at radius 3 is 1.36 bits per heavy atom. The summed E-state index contributed by atoms with van der Waals surface area (Å²) in [6.45, 7) is 3.89. The van der Waals surface area contributed by atoms with Crippen molar-refractivity contribution in [3.05, 3.63) is 84.2 Å². The average Bonchev–Trinajstić information content (AvgIpc) is 2.83. The molecular weight excluding hydrogens is 900 g/mol. The van der Waals surface area contributed by atoms with Crippen LogP contribution in [0.1, 0.15) is 25.0 Å². The van der Waals surface area contributed by atoms with Crippen LogP contribution in [0.4, 0.5) is 0 Å². The molecule has 0 radical (unpaired) electrons. The predicted molar refractivity (Wildman–Crippen MR) is 167 cm³/mol. The van der Waals surface area contributed by atoms with Crippen molar-refractivity contribution in [3.63, 3.8) is 0 Å². The van der Waals surface area contributed by atoms with Crippen LogP contribution in [0.15, 0.2) is 73.1 Å². The third-order valence-corrected chi connectivity index (χ3v) is 7.77. The molecule has 0 bridgehead atoms. The van der Waals surface area contributed by atoms with Crippen LogP contribution in [0.3, 0.4) is 0 Å². The van der Waals surface area contributed by atoms with Crippen LogP contribution in [0.5, 0.6) is 0 Å². The van der Waals surface area contributed by atoms with E-state index in [9.17, 15) is 18.9 Å². The predicted octanol–water partition coefficient (Wildman–Crippen LogP) is 8.13. The van der Waals surface area contributed by atoms with Crippen LogP contribution in [0, 0.1) is 0 Å². The summed E-state index contributed by atoms with van der Waals surface area (Å²) in [4.78, 5) is 25.5. The van der Waals surface area contributed by atoms with E-state index in [2.05, 4.69) is 63.7 Å². The first-order chi connectivity index (χ1) is 18.2. The second-order valence-corrected chi connectivity index (χ2v) is 54.5. The molecule has 8 nitrogen and oxygen atoms in total. The van der Waals surface area contributed by atoms with Crippen molar-refractivity contribution in [3.8, 4) is 0 Å². The first-order valence-corrected chi connectivity index (χ1v) is 29.2. The number of benzene rings is 2. The van der Waals surface area contributed by atoms with Crippen LogP contribution in [0.2, 0.25) is 0 Å². The summed E-state index contributed by atoms with van der Waals surface area (Å²) in [6.07, 6.45) is 3.65. The van der Waals surface area contributed by atoms with Crippen molar-refractivity contribution in [2.24, 2.45) is 0 Å². The number of nitrogens with one attached hydrogen (secondary N) is 2. The molecule has 2 heterocycles. The number of pyridine rings is 2. The maximum atomic E-state index is 11.7. The van der Waals surface area contributed by atoms with Gasteiger partial charge in [-0.05, 0) is 38.1 Å². The fraction of sp³-hybridized carbons (Fsp3) is 0.250. The second-order valence-electron chi connectivity index (χ2n) is 7.80. The molecule has 4 rings (SSSR count). The molecule has 0 saturated carbocycles. The van der Waals surface area contributed by atoms with Crippen LogP contribution < -0.4 is 9.97 Å². The molecule has 0 saturated heterocycles. The Kier molecular flexibility index (Phi) is 15.1. The molecule has 15 heteroatoms. The summed E-state index contributed by atoms with van der Waals surface area (Å²) in [5, 5.41) is 2.03. The molecule has 0 spiro atoms. The zero-order chi connectivity index (χ0) is 29.1. The third kappa shape index (κ3) is 13.8. The topological polar surface area (TPSA) is 121 Å². The van der Waals surface area contributed by atoms with E-state index in [1.54, 1.807) is 26.2 Å². The maximum absolute atomic E-state index is 11.7. The van der Waals surface area contributed by atoms with Gasteiger partial charge in [-0.25, -0.2) is 9.97 Å². The minimum absolute atomic E-state index is 0.0265. The molecule has 0 aliphatic rings. The molecule has 0 fully saturated rings. The molecule has 2 atom stereocenters. The van der Waals surface area contributed by atoms with E-state index >= 15 is 0 Å². The van der Waals surface area contributed by atoms with Crippen molar-refractivity contribution in [2.75, 3.05) is 13.2 Å². The van der Waals surface area contributed by atoms with Gasteiger partial charge in [-0.15, -0.1) is 0 Å². The molecule has 4 N–H and O–H groups in total. The molecule has 4 aromatic rings. The number of hydrogen-bond acceptors (Lipinski definition) is 4. The average molecular weight is 930 g/mol. The number of para-hydroxylation sites is 2. The van der Waals surface area contributed by atoms with Gasteiger partial charge in [-0.1, -0.05) is 24.3 Å². The molecular formula is C24H30Br4N2O6P2Pd. The molecule has 39 heavy (non-hydrogen) atoms. The first-order valence-electron chi connectivity index (χ1n) is 11.4. The van der Waals surface area contributed by atoms with E-state index in [-0.39, 0.29) is 25.5 Å². The van der Waals surface area contributed by atoms with Gasteiger partial charge in [-0.3, -0.25) is 9.13 Å². The van der Waals surface area contributed by atoms with Gasteiger partial charge in [0.2, 0.25) is 11.0 Å². The summed E-state index contributed by atoms with van der Waals surface area (Å²) < 4.78 is 33.3. The number of aromatic nitrogens is 2. The summed E-state index contributed by atoms with van der Waals surface area (Å²) in [6, 6.07) is 19.0. The van der Waals surface area contributed by atoms with Crippen molar-refractivity contribution < 1.29 is 45.4 Å². The summed E-state index contributed by atoms with van der Waals surface area (Å²) in [5.74, 6) is 0. The summed E-state index contributed by atoms with van der Waals surface area (Å²) in [5.41, 5.74) is 3.35. The molecule has 0 aliphatic carbocycles. The molecule has 2 unspecified atom stereocenters. The Morgan fingerprint density at radius 1 is 0.692 bits per heavy atom. The molecule has 0 amide bonds. The standard InChI is InChI=1S/2C12H14NO3P.4BrH.Pd/c2*1-2-16-17(14,15)9-11-6-3-5-10-7-4-8-13-12(10)11;;;;;/h2*3-8H,2,9H2,1H3,(H,14,15);4*1H;/q;;;;;;+2/p-2. The van der Waals surface area contributed by atoms with Gasteiger partial charge >= 0.3 is 76.4 Å². The fourth-order valence-corrected chi connectivity index (χ4v) is 6.00. The minimum atomic E-state index is -3.54. The van der Waals surface area contributed by atoms with E-state index in [4.69, 9.17) is 9.05 Å². The number of halogens is 4. The molecule has 0 aliphatic heterocycles. The monoisotopic (exact) mass is 926 g/mol. The quantitative estimate of drug-likeness (QED) is 0.136. The van der Waals surface area contributed by atoms with Crippen LogP contribution in [-0.4, -0.2) is 23.0 Å². The van der Waals surface area contributed by atoms with Crippen molar-refractivity contribution in [2.45, 2.75) is 26.2 Å². The summed E-state index contributed by atoms with van der Waals surface area (Å²) in [7, 11) is -8.53. The van der Waals surface area contributed by atoms with Gasteiger partial charge in [0.05, 0.1) is 25.5 Å². The summed E-state index contributed by atoms with van der Waals surface area (Å²) >= 11 is 13.1. The van der Waals surface area contributed by atoms with Crippen LogP contribution in [-0.2, 0) is 38.0 Å².